The Morgan fingerprint density at radius 3 is 2.95 bits per heavy atom. The van der Waals surface area contributed by atoms with Gasteiger partial charge in [0.15, 0.2) is 0 Å². The molecule has 0 radical (unpaired) electrons. The second kappa shape index (κ2) is 6.43. The summed E-state index contributed by atoms with van der Waals surface area (Å²) in [4.78, 5) is 22.3. The molecule has 5 heteroatoms. The summed E-state index contributed by atoms with van der Waals surface area (Å²) in [5.74, 6) is -0.681. The molecule has 0 saturated heterocycles. The van der Waals surface area contributed by atoms with Crippen molar-refractivity contribution in [3.8, 4) is 0 Å². The highest BCUT2D eigenvalue weighted by Crippen LogP contribution is 2.23. The number of carbonyl (C=O) groups is 2. The van der Waals surface area contributed by atoms with E-state index >= 15 is 0 Å². The first-order valence-electron chi connectivity index (χ1n) is 6.29. The molecule has 102 valence electrons. The van der Waals surface area contributed by atoms with Gasteiger partial charge in [-0.3, -0.25) is 4.79 Å². The second-order valence-corrected chi connectivity index (χ2v) is 4.59. The van der Waals surface area contributed by atoms with Gasteiger partial charge in [0.2, 0.25) is 5.91 Å². The average Bonchev–Trinajstić information content (AvgIpc) is 3.20. The molecule has 1 aliphatic rings. The lowest BCUT2D eigenvalue weighted by Crippen LogP contribution is -2.32. The summed E-state index contributed by atoms with van der Waals surface area (Å²) in [6, 6.07) is 5.35. The lowest BCUT2D eigenvalue weighted by Gasteiger charge is -2.17. The van der Waals surface area contributed by atoms with Crippen LogP contribution in [0.3, 0.4) is 0 Å². The van der Waals surface area contributed by atoms with E-state index in [2.05, 4.69) is 5.32 Å². The maximum atomic E-state index is 13.1. The van der Waals surface area contributed by atoms with Crippen molar-refractivity contribution in [2.45, 2.75) is 31.4 Å². The van der Waals surface area contributed by atoms with E-state index in [-0.39, 0.29) is 25.0 Å². The van der Waals surface area contributed by atoms with Crippen molar-refractivity contribution in [1.29, 1.82) is 0 Å². The lowest BCUT2D eigenvalue weighted by molar-refractivity contribution is -0.127. The van der Waals surface area contributed by atoms with E-state index in [1.807, 2.05) is 0 Å². The molecular weight excluding hydrogens is 249 g/mol. The molecule has 2 rings (SSSR count). The number of aldehydes is 1. The smallest absolute Gasteiger partial charge is 0.246 e. The molecule has 1 amide bonds. The van der Waals surface area contributed by atoms with Crippen molar-refractivity contribution in [2.24, 2.45) is 0 Å². The van der Waals surface area contributed by atoms with Crippen LogP contribution in [0, 0.1) is 5.82 Å². The first kappa shape index (κ1) is 13.7. The van der Waals surface area contributed by atoms with E-state index in [4.69, 9.17) is 4.74 Å². The molecule has 1 N–H and O–H groups in total. The van der Waals surface area contributed by atoms with Crippen LogP contribution in [0.4, 0.5) is 4.39 Å². The van der Waals surface area contributed by atoms with Crippen molar-refractivity contribution in [2.75, 3.05) is 6.61 Å². The number of carbonyl (C=O) groups excluding carboxylic acids is 2. The number of nitrogens with one attached hydrogen (secondary N) is 1. The van der Waals surface area contributed by atoms with Crippen molar-refractivity contribution in [3.63, 3.8) is 0 Å². The third-order valence-electron chi connectivity index (χ3n) is 2.89. The molecule has 4 nitrogen and oxygen atoms in total. The zero-order valence-corrected chi connectivity index (χ0v) is 10.5. The van der Waals surface area contributed by atoms with Gasteiger partial charge in [-0.25, -0.2) is 4.39 Å². The summed E-state index contributed by atoms with van der Waals surface area (Å²) in [6.45, 7) is -0.0185. The van der Waals surface area contributed by atoms with Crippen LogP contribution in [-0.2, 0) is 14.3 Å². The first-order chi connectivity index (χ1) is 9.19. The molecule has 1 fully saturated rings. The quantitative estimate of drug-likeness (QED) is 0.764. The standard InChI is InChI=1S/C14H16FNO3/c15-11-3-1-2-10(8-11)13(6-7-17)16-14(18)9-19-12-4-5-12/h1-3,7-8,12-13H,4-6,9H2,(H,16,18)/t13-/m0/s1. The molecule has 0 aliphatic heterocycles. The fraction of sp³-hybridized carbons (Fsp3) is 0.429. The Labute approximate surface area is 110 Å². The summed E-state index contributed by atoms with van der Waals surface area (Å²) in [7, 11) is 0. The fourth-order valence-corrected chi connectivity index (χ4v) is 1.76. The Hall–Kier alpha value is -1.75. The summed E-state index contributed by atoms with van der Waals surface area (Å²) in [6.07, 6.45) is 3.00. The summed E-state index contributed by atoms with van der Waals surface area (Å²) in [5.41, 5.74) is 0.576. The second-order valence-electron chi connectivity index (χ2n) is 4.59. The molecule has 1 aromatic carbocycles. The number of ether oxygens (including phenoxy) is 1. The third-order valence-corrected chi connectivity index (χ3v) is 2.89. The topological polar surface area (TPSA) is 55.4 Å². The minimum Gasteiger partial charge on any atom is -0.368 e. The Kier molecular flexibility index (Phi) is 4.63. The number of halogens is 1. The van der Waals surface area contributed by atoms with Crippen LogP contribution >= 0.6 is 0 Å². The molecule has 0 unspecified atom stereocenters. The van der Waals surface area contributed by atoms with Crippen LogP contribution in [-0.4, -0.2) is 24.9 Å². The van der Waals surface area contributed by atoms with Gasteiger partial charge in [-0.1, -0.05) is 12.1 Å². The zero-order chi connectivity index (χ0) is 13.7. The SMILES string of the molecule is O=CC[C@H](NC(=O)COC1CC1)c1cccc(F)c1. The Morgan fingerprint density at radius 2 is 2.32 bits per heavy atom. The molecule has 1 aromatic rings. The number of hydrogen-bond acceptors (Lipinski definition) is 3. The maximum Gasteiger partial charge on any atom is 0.246 e. The van der Waals surface area contributed by atoms with E-state index in [0.717, 1.165) is 12.8 Å². The van der Waals surface area contributed by atoms with Gasteiger partial charge in [0.05, 0.1) is 12.1 Å². The Balaban J connectivity index is 1.94. The largest absolute Gasteiger partial charge is 0.368 e. The third kappa shape index (κ3) is 4.44. The van der Waals surface area contributed by atoms with Crippen molar-refractivity contribution in [3.05, 3.63) is 35.6 Å². The molecule has 1 saturated carbocycles. The van der Waals surface area contributed by atoms with E-state index in [0.29, 0.717) is 11.8 Å². The molecule has 19 heavy (non-hydrogen) atoms. The molecule has 0 bridgehead atoms. The highest BCUT2D eigenvalue weighted by Gasteiger charge is 2.23. The summed E-state index contributed by atoms with van der Waals surface area (Å²) >= 11 is 0. The van der Waals surface area contributed by atoms with E-state index in [9.17, 15) is 14.0 Å². The summed E-state index contributed by atoms with van der Waals surface area (Å²) in [5, 5.41) is 2.68. The normalized spacial score (nSPS) is 15.8. The minimum absolute atomic E-state index is 0.0185. The molecule has 1 atom stereocenters. The van der Waals surface area contributed by atoms with Gasteiger partial charge >= 0.3 is 0 Å². The van der Waals surface area contributed by atoms with Crippen LogP contribution in [0.2, 0.25) is 0 Å². The van der Waals surface area contributed by atoms with Gasteiger partial charge in [-0.15, -0.1) is 0 Å². The fourth-order valence-electron chi connectivity index (χ4n) is 1.76. The number of hydrogen-bond donors (Lipinski definition) is 1. The van der Waals surface area contributed by atoms with E-state index in [1.165, 1.54) is 12.1 Å². The number of benzene rings is 1. The average molecular weight is 265 g/mol. The molecule has 1 aliphatic carbocycles. The van der Waals surface area contributed by atoms with Gasteiger partial charge in [0.1, 0.15) is 18.7 Å². The highest BCUT2D eigenvalue weighted by molar-refractivity contribution is 5.78. The molecule has 0 aromatic heterocycles. The van der Waals surface area contributed by atoms with E-state index < -0.39 is 11.9 Å². The van der Waals surface area contributed by atoms with Crippen molar-refractivity contribution >= 4 is 12.2 Å². The monoisotopic (exact) mass is 265 g/mol. The maximum absolute atomic E-state index is 13.1. The molecule has 0 heterocycles. The molecule has 0 spiro atoms. The highest BCUT2D eigenvalue weighted by atomic mass is 19.1. The number of amides is 1. The van der Waals surface area contributed by atoms with Crippen LogP contribution in [0.1, 0.15) is 30.9 Å². The van der Waals surface area contributed by atoms with Crippen molar-refractivity contribution < 1.29 is 18.7 Å². The first-order valence-corrected chi connectivity index (χ1v) is 6.29. The molecular formula is C14H16FNO3. The van der Waals surface area contributed by atoms with Gasteiger partial charge in [0.25, 0.3) is 0 Å². The Morgan fingerprint density at radius 1 is 1.53 bits per heavy atom. The van der Waals surface area contributed by atoms with Gasteiger partial charge < -0.3 is 14.8 Å². The van der Waals surface area contributed by atoms with E-state index in [1.54, 1.807) is 12.1 Å². The van der Waals surface area contributed by atoms with Crippen LogP contribution in [0.25, 0.3) is 0 Å². The zero-order valence-electron chi connectivity index (χ0n) is 10.5. The number of rotatable bonds is 7. The Bertz CT molecular complexity index is 460. The summed E-state index contributed by atoms with van der Waals surface area (Å²) < 4.78 is 18.4. The minimum atomic E-state index is -0.511. The van der Waals surface area contributed by atoms with Crippen LogP contribution in [0.15, 0.2) is 24.3 Å². The van der Waals surface area contributed by atoms with Gasteiger partial charge in [-0.05, 0) is 30.5 Å². The van der Waals surface area contributed by atoms with Gasteiger partial charge in [-0.2, -0.15) is 0 Å². The lowest BCUT2D eigenvalue weighted by atomic mass is 10.0. The van der Waals surface area contributed by atoms with Crippen molar-refractivity contribution in [1.82, 2.24) is 5.32 Å². The van der Waals surface area contributed by atoms with Crippen LogP contribution in [0.5, 0.6) is 0 Å². The predicted molar refractivity (Wildman–Crippen MR) is 66.9 cm³/mol. The van der Waals surface area contributed by atoms with Crippen LogP contribution < -0.4 is 5.32 Å². The van der Waals surface area contributed by atoms with Gasteiger partial charge in [0, 0.05) is 6.42 Å². The predicted octanol–water partition coefficient (Wildman–Crippen LogP) is 1.75.